The Balaban J connectivity index is 1.73. The Morgan fingerprint density at radius 1 is 1.14 bits per heavy atom. The van der Waals surface area contributed by atoms with Crippen LogP contribution >= 0.6 is 11.6 Å². The van der Waals surface area contributed by atoms with Crippen LogP contribution in [-0.2, 0) is 24.7 Å². The van der Waals surface area contributed by atoms with E-state index in [9.17, 15) is 21.6 Å². The van der Waals surface area contributed by atoms with E-state index in [0.29, 0.717) is 28.4 Å². The fourth-order valence-electron chi connectivity index (χ4n) is 3.20. The van der Waals surface area contributed by atoms with Crippen LogP contribution in [0, 0.1) is 12.8 Å². The van der Waals surface area contributed by atoms with Crippen LogP contribution in [0.3, 0.4) is 0 Å². The van der Waals surface area contributed by atoms with Gasteiger partial charge < -0.3 is 5.32 Å². The van der Waals surface area contributed by atoms with E-state index in [4.69, 9.17) is 11.6 Å². The first-order chi connectivity index (χ1) is 13.5. The fraction of sp³-hybridized carbons (Fsp3) is 0.316. The van der Waals surface area contributed by atoms with Crippen LogP contribution in [0.2, 0.25) is 5.02 Å². The highest BCUT2D eigenvalue weighted by Gasteiger charge is 2.29. The monoisotopic (exact) mass is 456 g/mol. The molecule has 1 heterocycles. The zero-order chi connectivity index (χ0) is 21.2. The molecule has 29 heavy (non-hydrogen) atoms. The van der Waals surface area contributed by atoms with E-state index in [0.717, 1.165) is 0 Å². The van der Waals surface area contributed by atoms with Crippen molar-refractivity contribution in [3.8, 4) is 0 Å². The summed E-state index contributed by atoms with van der Waals surface area (Å²) in [6.07, 6.45) is 0.548. The molecular weight excluding hydrogens is 436 g/mol. The van der Waals surface area contributed by atoms with Crippen molar-refractivity contribution in [1.82, 2.24) is 0 Å². The summed E-state index contributed by atoms with van der Waals surface area (Å²) in [5, 5.41) is 3.15. The van der Waals surface area contributed by atoms with Gasteiger partial charge in [0.1, 0.15) is 0 Å². The maximum absolute atomic E-state index is 12.8. The lowest BCUT2D eigenvalue weighted by molar-refractivity contribution is -0.116. The molecule has 0 radical (unpaired) electrons. The van der Waals surface area contributed by atoms with Crippen molar-refractivity contribution < 1.29 is 21.6 Å². The minimum Gasteiger partial charge on any atom is -0.326 e. The molecule has 1 atom stereocenters. The first-order valence-electron chi connectivity index (χ1n) is 8.93. The molecule has 10 heteroatoms. The standard InChI is InChI=1S/C19H21ClN2O5S2/c1-13-2-5-17(21-19(23)10-14-8-9-28(24,25)12-14)11-18(13)29(26,27)22-16-6-3-15(20)4-7-16/h2-7,11,14,22H,8-10,12H2,1H3,(H,21,23). The molecular formula is C19H21ClN2O5S2. The molecule has 2 aromatic carbocycles. The van der Waals surface area contributed by atoms with Gasteiger partial charge in [-0.3, -0.25) is 9.52 Å². The maximum Gasteiger partial charge on any atom is 0.262 e. The first kappa shape index (κ1) is 21.6. The zero-order valence-electron chi connectivity index (χ0n) is 15.7. The van der Waals surface area contributed by atoms with Crippen molar-refractivity contribution in [2.45, 2.75) is 24.7 Å². The van der Waals surface area contributed by atoms with Gasteiger partial charge in [0.2, 0.25) is 5.91 Å². The van der Waals surface area contributed by atoms with Gasteiger partial charge in [0.05, 0.1) is 16.4 Å². The molecule has 7 nitrogen and oxygen atoms in total. The Labute approximate surface area is 175 Å². The number of sulfone groups is 1. The summed E-state index contributed by atoms with van der Waals surface area (Å²) in [4.78, 5) is 12.3. The molecule has 156 valence electrons. The fourth-order valence-corrected chi connectivity index (χ4v) is 6.52. The minimum atomic E-state index is -3.88. The topological polar surface area (TPSA) is 109 Å². The van der Waals surface area contributed by atoms with Crippen molar-refractivity contribution in [2.75, 3.05) is 21.5 Å². The minimum absolute atomic E-state index is 0.0129. The average Bonchev–Trinajstić information content (AvgIpc) is 2.96. The van der Waals surface area contributed by atoms with Gasteiger partial charge in [-0.1, -0.05) is 17.7 Å². The third kappa shape index (κ3) is 5.71. The van der Waals surface area contributed by atoms with Crippen molar-refractivity contribution >= 4 is 48.7 Å². The van der Waals surface area contributed by atoms with E-state index in [1.165, 1.54) is 6.07 Å². The molecule has 1 saturated heterocycles. The summed E-state index contributed by atoms with van der Waals surface area (Å²) in [5.41, 5.74) is 1.22. The number of amides is 1. The number of nitrogens with one attached hydrogen (secondary N) is 2. The van der Waals surface area contributed by atoms with Gasteiger partial charge in [0.25, 0.3) is 10.0 Å². The summed E-state index contributed by atoms with van der Waals surface area (Å²) in [6, 6.07) is 10.9. The lowest BCUT2D eigenvalue weighted by atomic mass is 10.0. The number of aryl methyl sites for hydroxylation is 1. The van der Waals surface area contributed by atoms with Gasteiger partial charge >= 0.3 is 0 Å². The van der Waals surface area contributed by atoms with Crippen molar-refractivity contribution in [2.24, 2.45) is 5.92 Å². The Morgan fingerprint density at radius 2 is 1.79 bits per heavy atom. The number of hydrogen-bond acceptors (Lipinski definition) is 5. The van der Waals surface area contributed by atoms with Crippen LogP contribution in [0.5, 0.6) is 0 Å². The number of benzene rings is 2. The normalized spacial score (nSPS) is 18.3. The molecule has 1 fully saturated rings. The van der Waals surface area contributed by atoms with Gasteiger partial charge in [-0.25, -0.2) is 16.8 Å². The lowest BCUT2D eigenvalue weighted by Gasteiger charge is -2.13. The second-order valence-electron chi connectivity index (χ2n) is 7.11. The number of anilines is 2. The molecule has 1 aliphatic rings. The molecule has 0 aromatic heterocycles. The second kappa shape index (κ2) is 8.33. The van der Waals surface area contributed by atoms with E-state index >= 15 is 0 Å². The lowest BCUT2D eigenvalue weighted by Crippen LogP contribution is -2.18. The van der Waals surface area contributed by atoms with Crippen molar-refractivity contribution in [3.05, 3.63) is 53.1 Å². The van der Waals surface area contributed by atoms with Crippen LogP contribution < -0.4 is 10.0 Å². The van der Waals surface area contributed by atoms with Crippen LogP contribution in [0.4, 0.5) is 11.4 Å². The van der Waals surface area contributed by atoms with Crippen LogP contribution in [0.1, 0.15) is 18.4 Å². The quantitative estimate of drug-likeness (QED) is 0.693. The summed E-state index contributed by atoms with van der Waals surface area (Å²) in [7, 11) is -6.93. The van der Waals surface area contributed by atoms with Gasteiger partial charge in [-0.05, 0) is 61.2 Å². The molecule has 0 aliphatic carbocycles. The third-order valence-electron chi connectivity index (χ3n) is 4.66. The van der Waals surface area contributed by atoms with Crippen LogP contribution in [-0.4, -0.2) is 34.2 Å². The Kier molecular flexibility index (Phi) is 6.21. The predicted molar refractivity (Wildman–Crippen MR) is 113 cm³/mol. The molecule has 2 aromatic rings. The maximum atomic E-state index is 12.8. The van der Waals surface area contributed by atoms with Gasteiger partial charge in [0, 0.05) is 22.8 Å². The van der Waals surface area contributed by atoms with Crippen LogP contribution in [0.15, 0.2) is 47.4 Å². The van der Waals surface area contributed by atoms with Crippen molar-refractivity contribution in [1.29, 1.82) is 0 Å². The summed E-state index contributed by atoms with van der Waals surface area (Å²) >= 11 is 5.82. The van der Waals surface area contributed by atoms with E-state index in [-0.39, 0.29) is 34.6 Å². The number of sulfonamides is 1. The molecule has 1 amide bonds. The molecule has 3 rings (SSSR count). The molecule has 0 spiro atoms. The summed E-state index contributed by atoms with van der Waals surface area (Å²) < 4.78 is 51.1. The molecule has 1 unspecified atom stereocenters. The number of carbonyl (C=O) groups is 1. The van der Waals surface area contributed by atoms with Gasteiger partial charge in [-0.15, -0.1) is 0 Å². The van der Waals surface area contributed by atoms with E-state index in [1.54, 1.807) is 43.3 Å². The van der Waals surface area contributed by atoms with E-state index < -0.39 is 19.9 Å². The summed E-state index contributed by atoms with van der Waals surface area (Å²) in [5.74, 6) is -0.433. The van der Waals surface area contributed by atoms with Gasteiger partial charge in [-0.2, -0.15) is 0 Å². The highest BCUT2D eigenvalue weighted by molar-refractivity contribution is 7.92. The van der Waals surface area contributed by atoms with E-state index in [2.05, 4.69) is 10.0 Å². The zero-order valence-corrected chi connectivity index (χ0v) is 18.1. The Hall–Kier alpha value is -2.10. The van der Waals surface area contributed by atoms with Gasteiger partial charge in [0.15, 0.2) is 9.84 Å². The second-order valence-corrected chi connectivity index (χ2v) is 11.4. The molecule has 0 saturated carbocycles. The first-order valence-corrected chi connectivity index (χ1v) is 12.6. The van der Waals surface area contributed by atoms with Crippen LogP contribution in [0.25, 0.3) is 0 Å². The highest BCUT2D eigenvalue weighted by atomic mass is 35.5. The molecule has 1 aliphatic heterocycles. The van der Waals surface area contributed by atoms with E-state index in [1.807, 2.05) is 0 Å². The third-order valence-corrected chi connectivity index (χ3v) is 8.27. The number of carbonyl (C=O) groups excluding carboxylic acids is 1. The average molecular weight is 457 g/mol. The summed E-state index contributed by atoms with van der Waals surface area (Å²) in [6.45, 7) is 1.66. The smallest absolute Gasteiger partial charge is 0.262 e. The highest BCUT2D eigenvalue weighted by Crippen LogP contribution is 2.25. The largest absolute Gasteiger partial charge is 0.326 e. The Bertz CT molecular complexity index is 1130. The molecule has 2 N–H and O–H groups in total. The molecule has 0 bridgehead atoms. The number of rotatable bonds is 6. The predicted octanol–water partition coefficient (Wildman–Crippen LogP) is 3.21. The Morgan fingerprint density at radius 3 is 2.41 bits per heavy atom. The number of halogens is 1. The van der Waals surface area contributed by atoms with Crippen molar-refractivity contribution in [3.63, 3.8) is 0 Å². The number of hydrogen-bond donors (Lipinski definition) is 2. The SMILES string of the molecule is Cc1ccc(NC(=O)CC2CCS(=O)(=O)C2)cc1S(=O)(=O)Nc1ccc(Cl)cc1.